The molecule has 1 aliphatic rings. The van der Waals surface area contributed by atoms with Crippen molar-refractivity contribution in [2.24, 2.45) is 0 Å². The van der Waals surface area contributed by atoms with E-state index < -0.39 is 12.0 Å². The Morgan fingerprint density at radius 1 is 1.40 bits per heavy atom. The maximum Gasteiger partial charge on any atom is 0.320 e. The quantitative estimate of drug-likeness (QED) is 0.924. The lowest BCUT2D eigenvalue weighted by atomic mass is 10.1. The minimum atomic E-state index is -0.810. The molecule has 0 saturated carbocycles. The van der Waals surface area contributed by atoms with Crippen LogP contribution in [-0.2, 0) is 11.3 Å². The highest BCUT2D eigenvalue weighted by Gasteiger charge is 2.25. The molecule has 20 heavy (non-hydrogen) atoms. The molecule has 110 valence electrons. The predicted octanol–water partition coefficient (Wildman–Crippen LogP) is 2.07. The smallest absolute Gasteiger partial charge is 0.320 e. The first-order valence-electron chi connectivity index (χ1n) is 6.61. The van der Waals surface area contributed by atoms with Crippen molar-refractivity contribution >= 4 is 17.6 Å². The van der Waals surface area contributed by atoms with Crippen LogP contribution < -0.4 is 0 Å². The highest BCUT2D eigenvalue weighted by molar-refractivity contribution is 6.31. The Kier molecular flexibility index (Phi) is 4.96. The first-order valence-corrected chi connectivity index (χ1v) is 6.99. The number of benzene rings is 1. The lowest BCUT2D eigenvalue weighted by molar-refractivity contribution is -0.143. The van der Waals surface area contributed by atoms with E-state index in [1.807, 2.05) is 4.90 Å². The third-order valence-corrected chi connectivity index (χ3v) is 4.11. The molecule has 2 rings (SSSR count). The summed E-state index contributed by atoms with van der Waals surface area (Å²) in [5, 5.41) is 9.42. The van der Waals surface area contributed by atoms with E-state index in [9.17, 15) is 9.18 Å². The van der Waals surface area contributed by atoms with Crippen molar-refractivity contribution in [1.82, 2.24) is 9.80 Å². The molecule has 1 atom stereocenters. The molecule has 1 unspecified atom stereocenters. The summed E-state index contributed by atoms with van der Waals surface area (Å²) in [5.41, 5.74) is 0.508. The van der Waals surface area contributed by atoms with Gasteiger partial charge in [0.25, 0.3) is 0 Å². The molecule has 0 bridgehead atoms. The van der Waals surface area contributed by atoms with Crippen LogP contribution in [0, 0.1) is 5.82 Å². The van der Waals surface area contributed by atoms with Crippen LogP contribution in [0.4, 0.5) is 4.39 Å². The molecule has 0 spiro atoms. The lowest BCUT2D eigenvalue weighted by Crippen LogP contribution is -2.51. The molecule has 0 amide bonds. The summed E-state index contributed by atoms with van der Waals surface area (Å²) in [6.07, 6.45) is 0. The van der Waals surface area contributed by atoms with E-state index in [-0.39, 0.29) is 5.82 Å². The number of carboxylic acid groups (broad SMARTS) is 1. The number of hydrogen-bond acceptors (Lipinski definition) is 3. The molecular weight excluding hydrogens is 283 g/mol. The van der Waals surface area contributed by atoms with Gasteiger partial charge < -0.3 is 5.11 Å². The van der Waals surface area contributed by atoms with Crippen LogP contribution in [0.1, 0.15) is 12.5 Å². The predicted molar refractivity (Wildman–Crippen MR) is 75.4 cm³/mol. The fourth-order valence-electron chi connectivity index (χ4n) is 2.37. The third-order valence-electron chi connectivity index (χ3n) is 3.76. The Labute approximate surface area is 122 Å². The average molecular weight is 301 g/mol. The Morgan fingerprint density at radius 2 is 2.05 bits per heavy atom. The summed E-state index contributed by atoms with van der Waals surface area (Å²) >= 11 is 6.01. The molecule has 6 heteroatoms. The number of halogens is 2. The summed E-state index contributed by atoms with van der Waals surface area (Å²) in [6, 6.07) is 4.20. The molecule has 0 aromatic heterocycles. The number of hydrogen-bond donors (Lipinski definition) is 1. The average Bonchev–Trinajstić information content (AvgIpc) is 2.43. The minimum absolute atomic E-state index is 0.293. The largest absolute Gasteiger partial charge is 0.480 e. The van der Waals surface area contributed by atoms with Crippen molar-refractivity contribution in [2.45, 2.75) is 19.5 Å². The first kappa shape index (κ1) is 15.2. The number of carboxylic acids is 1. The van der Waals surface area contributed by atoms with Crippen LogP contribution in [0.25, 0.3) is 0 Å². The van der Waals surface area contributed by atoms with Gasteiger partial charge in [0.1, 0.15) is 11.9 Å². The number of nitrogens with zero attached hydrogens (tertiary/aromatic N) is 2. The van der Waals surface area contributed by atoms with Crippen molar-refractivity contribution in [3.63, 3.8) is 0 Å². The van der Waals surface area contributed by atoms with Crippen LogP contribution in [0.3, 0.4) is 0 Å². The fourth-order valence-corrected chi connectivity index (χ4v) is 2.59. The van der Waals surface area contributed by atoms with E-state index in [0.717, 1.165) is 0 Å². The molecule has 1 saturated heterocycles. The van der Waals surface area contributed by atoms with Gasteiger partial charge in [-0.25, -0.2) is 4.39 Å². The summed E-state index contributed by atoms with van der Waals surface area (Å²) < 4.78 is 13.7. The summed E-state index contributed by atoms with van der Waals surface area (Å²) in [4.78, 5) is 14.9. The summed E-state index contributed by atoms with van der Waals surface area (Å²) in [6.45, 7) is 4.90. The van der Waals surface area contributed by atoms with Gasteiger partial charge in [0.15, 0.2) is 0 Å². The number of aliphatic carboxylic acids is 1. The molecule has 1 aromatic carbocycles. The van der Waals surface area contributed by atoms with Gasteiger partial charge >= 0.3 is 5.97 Å². The van der Waals surface area contributed by atoms with Crippen LogP contribution in [0.5, 0.6) is 0 Å². The molecule has 1 N–H and O–H groups in total. The Hall–Kier alpha value is -1.17. The third kappa shape index (κ3) is 3.48. The lowest BCUT2D eigenvalue weighted by Gasteiger charge is -2.36. The second-order valence-corrected chi connectivity index (χ2v) is 5.43. The van der Waals surface area contributed by atoms with Crippen molar-refractivity contribution in [3.05, 3.63) is 34.6 Å². The zero-order valence-corrected chi connectivity index (χ0v) is 12.1. The second kappa shape index (κ2) is 6.52. The molecule has 1 aromatic rings. The van der Waals surface area contributed by atoms with Crippen molar-refractivity contribution < 1.29 is 14.3 Å². The second-order valence-electron chi connectivity index (χ2n) is 5.03. The number of rotatable bonds is 4. The van der Waals surface area contributed by atoms with Gasteiger partial charge in [0.2, 0.25) is 0 Å². The van der Waals surface area contributed by atoms with Crippen LogP contribution >= 0.6 is 11.6 Å². The minimum Gasteiger partial charge on any atom is -0.480 e. The maximum atomic E-state index is 13.7. The molecule has 1 heterocycles. The summed E-state index contributed by atoms with van der Waals surface area (Å²) in [7, 11) is 0. The van der Waals surface area contributed by atoms with E-state index in [1.54, 1.807) is 19.1 Å². The van der Waals surface area contributed by atoms with E-state index in [4.69, 9.17) is 16.7 Å². The van der Waals surface area contributed by atoms with Crippen molar-refractivity contribution in [1.29, 1.82) is 0 Å². The first-order chi connectivity index (χ1) is 9.49. The van der Waals surface area contributed by atoms with Crippen LogP contribution in [-0.4, -0.2) is 53.1 Å². The molecule has 0 radical (unpaired) electrons. The van der Waals surface area contributed by atoms with E-state index in [1.165, 1.54) is 6.07 Å². The van der Waals surface area contributed by atoms with Crippen molar-refractivity contribution in [2.75, 3.05) is 26.2 Å². The monoisotopic (exact) mass is 300 g/mol. The van der Waals surface area contributed by atoms with Gasteiger partial charge in [-0.1, -0.05) is 17.7 Å². The standard InChI is InChI=1S/C14H18ClFN2O2/c1-10(14(19)20)18-7-5-17(6-8-18)9-11-12(15)3-2-4-13(11)16/h2-4,10H,5-9H2,1H3,(H,19,20). The SMILES string of the molecule is CC(C(=O)O)N1CCN(Cc2c(F)cccc2Cl)CC1. The van der Waals surface area contributed by atoms with E-state index >= 15 is 0 Å². The summed E-state index contributed by atoms with van der Waals surface area (Å²) in [5.74, 6) is -1.10. The van der Waals surface area contributed by atoms with E-state index in [2.05, 4.69) is 4.90 Å². The van der Waals surface area contributed by atoms with Gasteiger partial charge in [0, 0.05) is 43.3 Å². The zero-order chi connectivity index (χ0) is 14.7. The highest BCUT2D eigenvalue weighted by Crippen LogP contribution is 2.21. The fraction of sp³-hybridized carbons (Fsp3) is 0.500. The van der Waals surface area contributed by atoms with Crippen LogP contribution in [0.2, 0.25) is 5.02 Å². The van der Waals surface area contributed by atoms with Gasteiger partial charge in [-0.3, -0.25) is 14.6 Å². The molecule has 4 nitrogen and oxygen atoms in total. The van der Waals surface area contributed by atoms with Gasteiger partial charge in [-0.05, 0) is 19.1 Å². The highest BCUT2D eigenvalue weighted by atomic mass is 35.5. The Balaban J connectivity index is 1.93. The van der Waals surface area contributed by atoms with Gasteiger partial charge in [-0.15, -0.1) is 0 Å². The molecule has 1 aliphatic heterocycles. The Morgan fingerprint density at radius 3 is 2.60 bits per heavy atom. The topological polar surface area (TPSA) is 43.8 Å². The van der Waals surface area contributed by atoms with Crippen LogP contribution in [0.15, 0.2) is 18.2 Å². The molecule has 1 fully saturated rings. The molecular formula is C14H18ClFN2O2. The maximum absolute atomic E-state index is 13.7. The van der Waals surface area contributed by atoms with E-state index in [0.29, 0.717) is 43.3 Å². The molecule has 0 aliphatic carbocycles. The van der Waals surface area contributed by atoms with Gasteiger partial charge in [-0.2, -0.15) is 0 Å². The number of carbonyl (C=O) groups is 1. The normalized spacial score (nSPS) is 18.9. The van der Waals surface area contributed by atoms with Gasteiger partial charge in [0.05, 0.1) is 0 Å². The number of piperazine rings is 1. The van der Waals surface area contributed by atoms with Crippen molar-refractivity contribution in [3.8, 4) is 0 Å². The zero-order valence-electron chi connectivity index (χ0n) is 11.4. The Bertz CT molecular complexity index is 470.